The van der Waals surface area contributed by atoms with Crippen LogP contribution in [0.5, 0.6) is 11.5 Å². The summed E-state index contributed by atoms with van der Waals surface area (Å²) in [6.07, 6.45) is 6.16. The van der Waals surface area contributed by atoms with Crippen molar-refractivity contribution in [3.8, 4) is 22.8 Å². The number of methoxy groups -OCH3 is 1. The van der Waals surface area contributed by atoms with E-state index < -0.39 is 0 Å². The number of ether oxygens (including phenoxy) is 2. The minimum atomic E-state index is -0.295. The molecule has 0 aliphatic rings. The lowest BCUT2D eigenvalue weighted by Crippen LogP contribution is -2.17. The Morgan fingerprint density at radius 1 is 1.00 bits per heavy atom. The molecule has 0 saturated heterocycles. The van der Waals surface area contributed by atoms with Crippen LogP contribution in [-0.4, -0.2) is 30.8 Å². The summed E-state index contributed by atoms with van der Waals surface area (Å²) in [6, 6.07) is 22.8. The van der Waals surface area contributed by atoms with E-state index >= 15 is 0 Å². The largest absolute Gasteiger partial charge is 0.493 e. The number of hydrogen-bond acceptors (Lipinski definition) is 7. The number of nitrogens with one attached hydrogen (secondary N) is 2. The highest BCUT2D eigenvalue weighted by Gasteiger charge is 2.09. The average Bonchev–Trinajstić information content (AvgIpc) is 3.42. The summed E-state index contributed by atoms with van der Waals surface area (Å²) < 4.78 is 11.3. The molecule has 0 aliphatic carbocycles. The second-order valence-corrected chi connectivity index (χ2v) is 9.48. The molecule has 4 aromatic rings. The van der Waals surface area contributed by atoms with E-state index in [4.69, 9.17) is 9.47 Å². The van der Waals surface area contributed by atoms with Crippen LogP contribution < -0.4 is 20.2 Å². The number of anilines is 2. The molecule has 0 bridgehead atoms. The zero-order valence-corrected chi connectivity index (χ0v) is 22.5. The molecule has 0 atom stereocenters. The predicted molar refractivity (Wildman–Crippen MR) is 155 cm³/mol. The molecule has 2 N–H and O–H groups in total. The number of nitrogens with zero attached hydrogens (tertiary/aromatic N) is 2. The standard InChI is InChI=1S/C30H32N4O3S/c1-3-4-5-9-18-37-27-17-12-22(19-28(27)36-2)20-31-34-29(35)24-15-13-23(14-16-24)26-21-38-30(33-26)32-25-10-7-6-8-11-25/h6-8,10-17,19-21H,3-5,9,18H2,1-2H3,(H,32,33)(H,34,35)/b31-20+. The lowest BCUT2D eigenvalue weighted by molar-refractivity contribution is 0.0955. The number of benzene rings is 3. The molecule has 0 aliphatic heterocycles. The first-order chi connectivity index (χ1) is 18.7. The van der Waals surface area contributed by atoms with Gasteiger partial charge in [0.1, 0.15) is 0 Å². The number of amides is 1. The molecule has 3 aromatic carbocycles. The van der Waals surface area contributed by atoms with Crippen molar-refractivity contribution in [1.29, 1.82) is 0 Å². The quantitative estimate of drug-likeness (QED) is 0.108. The van der Waals surface area contributed by atoms with Gasteiger partial charge in [-0.1, -0.05) is 56.5 Å². The van der Waals surface area contributed by atoms with Gasteiger partial charge in [-0.15, -0.1) is 11.3 Å². The Bertz CT molecular complexity index is 1340. The maximum absolute atomic E-state index is 12.6. The molecule has 38 heavy (non-hydrogen) atoms. The molecule has 0 fully saturated rings. The van der Waals surface area contributed by atoms with Crippen molar-refractivity contribution in [3.63, 3.8) is 0 Å². The summed E-state index contributed by atoms with van der Waals surface area (Å²) >= 11 is 1.53. The van der Waals surface area contributed by atoms with E-state index in [1.807, 2.05) is 66.0 Å². The third-order valence-corrected chi connectivity index (χ3v) is 6.55. The van der Waals surface area contributed by atoms with E-state index in [0.29, 0.717) is 23.7 Å². The number of unbranched alkanes of at least 4 members (excludes halogenated alkanes) is 3. The van der Waals surface area contributed by atoms with Crippen molar-refractivity contribution >= 4 is 34.3 Å². The van der Waals surface area contributed by atoms with Crippen LogP contribution in [0.15, 0.2) is 83.3 Å². The Morgan fingerprint density at radius 3 is 2.58 bits per heavy atom. The molecular weight excluding hydrogens is 496 g/mol. The van der Waals surface area contributed by atoms with Crippen LogP contribution in [-0.2, 0) is 0 Å². The topological polar surface area (TPSA) is 84.8 Å². The van der Waals surface area contributed by atoms with Crippen molar-refractivity contribution in [2.75, 3.05) is 19.0 Å². The Kier molecular flexibility index (Phi) is 9.87. The van der Waals surface area contributed by atoms with Gasteiger partial charge in [0, 0.05) is 22.2 Å². The van der Waals surface area contributed by atoms with Gasteiger partial charge in [-0.05, 0) is 54.4 Å². The van der Waals surface area contributed by atoms with Gasteiger partial charge < -0.3 is 14.8 Å². The van der Waals surface area contributed by atoms with E-state index in [-0.39, 0.29) is 5.91 Å². The Balaban J connectivity index is 1.30. The summed E-state index contributed by atoms with van der Waals surface area (Å²) in [5.74, 6) is 1.04. The fourth-order valence-electron chi connectivity index (χ4n) is 3.73. The van der Waals surface area contributed by atoms with Gasteiger partial charge in [0.15, 0.2) is 16.6 Å². The highest BCUT2D eigenvalue weighted by molar-refractivity contribution is 7.14. The number of hydrazone groups is 1. The second kappa shape index (κ2) is 13.9. The Hall–Kier alpha value is -4.17. The number of aromatic nitrogens is 1. The third kappa shape index (κ3) is 7.66. The van der Waals surface area contributed by atoms with Gasteiger partial charge in [0.2, 0.25) is 0 Å². The SMILES string of the molecule is CCCCCCOc1ccc(/C=N/NC(=O)c2ccc(-c3csc(Nc4ccccc4)n3)cc2)cc1OC. The average molecular weight is 529 g/mol. The van der Waals surface area contributed by atoms with Crippen molar-refractivity contribution < 1.29 is 14.3 Å². The van der Waals surface area contributed by atoms with E-state index in [1.165, 1.54) is 24.2 Å². The number of hydrogen-bond donors (Lipinski definition) is 2. The van der Waals surface area contributed by atoms with E-state index in [9.17, 15) is 4.79 Å². The number of carbonyl (C=O) groups excluding carboxylic acids is 1. The third-order valence-electron chi connectivity index (χ3n) is 5.79. The van der Waals surface area contributed by atoms with Crippen molar-refractivity contribution in [2.45, 2.75) is 32.6 Å². The number of rotatable bonds is 13. The molecule has 4 rings (SSSR count). The smallest absolute Gasteiger partial charge is 0.271 e. The number of carbonyl (C=O) groups is 1. The second-order valence-electron chi connectivity index (χ2n) is 8.62. The van der Waals surface area contributed by atoms with E-state index in [1.54, 1.807) is 25.5 Å². The van der Waals surface area contributed by atoms with E-state index in [2.05, 4.69) is 27.8 Å². The van der Waals surface area contributed by atoms with Gasteiger partial charge >= 0.3 is 0 Å². The molecular formula is C30H32N4O3S. The minimum absolute atomic E-state index is 0.295. The predicted octanol–water partition coefficient (Wildman–Crippen LogP) is 7.29. The van der Waals surface area contributed by atoms with Crippen molar-refractivity contribution in [2.24, 2.45) is 5.10 Å². The number of thiazole rings is 1. The van der Waals surface area contributed by atoms with Crippen LogP contribution in [0, 0.1) is 0 Å². The Morgan fingerprint density at radius 2 is 1.82 bits per heavy atom. The highest BCUT2D eigenvalue weighted by atomic mass is 32.1. The van der Waals surface area contributed by atoms with E-state index in [0.717, 1.165) is 40.5 Å². The molecule has 1 heterocycles. The first-order valence-electron chi connectivity index (χ1n) is 12.7. The summed E-state index contributed by atoms with van der Waals surface area (Å²) in [7, 11) is 1.61. The van der Waals surface area contributed by atoms with Gasteiger partial charge in [-0.25, -0.2) is 10.4 Å². The first-order valence-corrected chi connectivity index (χ1v) is 13.6. The zero-order chi connectivity index (χ0) is 26.6. The molecule has 8 heteroatoms. The maximum atomic E-state index is 12.6. The monoisotopic (exact) mass is 528 g/mol. The van der Waals surface area contributed by atoms with Crippen LogP contribution in [0.25, 0.3) is 11.3 Å². The lowest BCUT2D eigenvalue weighted by atomic mass is 10.1. The maximum Gasteiger partial charge on any atom is 0.271 e. The fourth-order valence-corrected chi connectivity index (χ4v) is 4.47. The van der Waals surface area contributed by atoms with Gasteiger partial charge in [-0.2, -0.15) is 5.10 Å². The van der Waals surface area contributed by atoms with Gasteiger partial charge in [0.25, 0.3) is 5.91 Å². The fraction of sp³-hybridized carbons (Fsp3) is 0.233. The molecule has 0 radical (unpaired) electrons. The number of para-hydroxylation sites is 1. The lowest BCUT2D eigenvalue weighted by Gasteiger charge is -2.11. The van der Waals surface area contributed by atoms with Gasteiger partial charge in [0.05, 0.1) is 25.6 Å². The van der Waals surface area contributed by atoms with Crippen molar-refractivity contribution in [3.05, 3.63) is 89.3 Å². The molecule has 0 spiro atoms. The molecule has 196 valence electrons. The molecule has 1 amide bonds. The summed E-state index contributed by atoms with van der Waals surface area (Å²) in [4.78, 5) is 17.2. The minimum Gasteiger partial charge on any atom is -0.493 e. The zero-order valence-electron chi connectivity index (χ0n) is 21.6. The molecule has 1 aromatic heterocycles. The summed E-state index contributed by atoms with van der Waals surface area (Å²) in [5, 5.41) is 10.2. The van der Waals surface area contributed by atoms with Crippen LogP contribution in [0.3, 0.4) is 0 Å². The summed E-state index contributed by atoms with van der Waals surface area (Å²) in [6.45, 7) is 2.85. The molecule has 7 nitrogen and oxygen atoms in total. The first kappa shape index (κ1) is 26.9. The Labute approximate surface area is 227 Å². The normalized spacial score (nSPS) is 10.9. The molecule has 0 saturated carbocycles. The summed E-state index contributed by atoms with van der Waals surface area (Å²) in [5.41, 5.74) is 6.65. The van der Waals surface area contributed by atoms with Crippen molar-refractivity contribution in [1.82, 2.24) is 10.4 Å². The molecule has 0 unspecified atom stereocenters. The van der Waals surface area contributed by atoms with Crippen LogP contribution in [0.1, 0.15) is 48.5 Å². The van der Waals surface area contributed by atoms with Gasteiger partial charge in [-0.3, -0.25) is 4.79 Å². The highest BCUT2D eigenvalue weighted by Crippen LogP contribution is 2.28. The van der Waals surface area contributed by atoms with Crippen LogP contribution >= 0.6 is 11.3 Å². The van der Waals surface area contributed by atoms with Crippen LogP contribution in [0.4, 0.5) is 10.8 Å². The van der Waals surface area contributed by atoms with Crippen LogP contribution in [0.2, 0.25) is 0 Å².